The van der Waals surface area contributed by atoms with Crippen molar-refractivity contribution in [2.45, 2.75) is 33.7 Å². The van der Waals surface area contributed by atoms with Crippen LogP contribution in [0.25, 0.3) is 0 Å². The van der Waals surface area contributed by atoms with Gasteiger partial charge in [-0.15, -0.1) is 0 Å². The van der Waals surface area contributed by atoms with Crippen LogP contribution in [0.5, 0.6) is 0 Å². The summed E-state index contributed by atoms with van der Waals surface area (Å²) >= 11 is 0. The highest BCUT2D eigenvalue weighted by Gasteiger charge is 2.10. The van der Waals surface area contributed by atoms with Crippen LogP contribution in [0.4, 0.5) is 5.69 Å². The zero-order chi connectivity index (χ0) is 13.7. The number of hydrogen-bond donors (Lipinski definition) is 0. The van der Waals surface area contributed by atoms with E-state index in [9.17, 15) is 9.59 Å². The number of carbonyl (C=O) groups excluding carboxylic acids is 1. The molecule has 0 aliphatic carbocycles. The van der Waals surface area contributed by atoms with Gasteiger partial charge in [-0.05, 0) is 6.42 Å². The first-order valence-electron chi connectivity index (χ1n) is 6.26. The fourth-order valence-corrected chi connectivity index (χ4v) is 1.55. The smallest absolute Gasteiger partial charge is 0.269 e. The van der Waals surface area contributed by atoms with Crippen LogP contribution in [-0.2, 0) is 11.3 Å². The molecule has 0 aliphatic rings. The molecular weight excluding hydrogens is 230 g/mol. The first-order chi connectivity index (χ1) is 8.45. The van der Waals surface area contributed by atoms with Gasteiger partial charge < -0.3 is 4.90 Å². The maximum Gasteiger partial charge on any atom is 0.269 e. The predicted octanol–water partition coefficient (Wildman–Crippen LogP) is 1.31. The van der Waals surface area contributed by atoms with Crippen molar-refractivity contribution in [3.63, 3.8) is 0 Å². The molecule has 1 rings (SSSR count). The van der Waals surface area contributed by atoms with E-state index in [1.54, 1.807) is 6.20 Å². The highest BCUT2D eigenvalue weighted by molar-refractivity contribution is 5.79. The molecule has 5 nitrogen and oxygen atoms in total. The van der Waals surface area contributed by atoms with E-state index in [0.717, 1.165) is 18.7 Å². The molecule has 1 heterocycles. The minimum absolute atomic E-state index is 0.0132. The Bertz CT molecular complexity index is 466. The second kappa shape index (κ2) is 6.33. The Balaban J connectivity index is 2.86. The van der Waals surface area contributed by atoms with E-state index in [4.69, 9.17) is 0 Å². The van der Waals surface area contributed by atoms with Crippen molar-refractivity contribution in [1.82, 2.24) is 9.78 Å². The highest BCUT2D eigenvalue weighted by Crippen LogP contribution is 2.07. The summed E-state index contributed by atoms with van der Waals surface area (Å²) in [6.07, 6.45) is 2.64. The monoisotopic (exact) mass is 251 g/mol. The van der Waals surface area contributed by atoms with Gasteiger partial charge >= 0.3 is 0 Å². The zero-order valence-electron chi connectivity index (χ0n) is 11.5. The van der Waals surface area contributed by atoms with Crippen LogP contribution in [0.2, 0.25) is 0 Å². The molecule has 0 bridgehead atoms. The number of ketones is 1. The number of anilines is 1. The second-order valence-corrected chi connectivity index (χ2v) is 4.75. The molecule has 0 radical (unpaired) electrons. The van der Waals surface area contributed by atoms with Gasteiger partial charge in [0.1, 0.15) is 6.54 Å². The summed E-state index contributed by atoms with van der Waals surface area (Å²) in [5.74, 6) is -0.0691. The lowest BCUT2D eigenvalue weighted by atomic mass is 10.1. The van der Waals surface area contributed by atoms with Gasteiger partial charge in [0.2, 0.25) is 0 Å². The lowest BCUT2D eigenvalue weighted by molar-refractivity contribution is -0.122. The van der Waals surface area contributed by atoms with E-state index in [1.165, 1.54) is 10.7 Å². The van der Waals surface area contributed by atoms with Gasteiger partial charge in [0.15, 0.2) is 5.78 Å². The van der Waals surface area contributed by atoms with Crippen molar-refractivity contribution in [3.8, 4) is 0 Å². The van der Waals surface area contributed by atoms with Gasteiger partial charge in [-0.25, -0.2) is 4.68 Å². The molecule has 0 unspecified atom stereocenters. The van der Waals surface area contributed by atoms with Gasteiger partial charge in [0.25, 0.3) is 5.56 Å². The topological polar surface area (TPSA) is 55.2 Å². The Morgan fingerprint density at radius 3 is 2.67 bits per heavy atom. The maximum atomic E-state index is 11.8. The van der Waals surface area contributed by atoms with Gasteiger partial charge in [0.05, 0.1) is 11.9 Å². The van der Waals surface area contributed by atoms with Crippen LogP contribution < -0.4 is 10.5 Å². The Morgan fingerprint density at radius 2 is 2.17 bits per heavy atom. The van der Waals surface area contributed by atoms with Crippen LogP contribution in [0.3, 0.4) is 0 Å². The molecule has 0 fully saturated rings. The minimum atomic E-state index is -0.232. The first kappa shape index (κ1) is 14.4. The van der Waals surface area contributed by atoms with E-state index in [0.29, 0.717) is 0 Å². The number of Topliss-reactive ketones (excluding diaryl/α,β-unsaturated/α-hetero) is 1. The summed E-state index contributed by atoms with van der Waals surface area (Å²) in [5.41, 5.74) is 0.555. The lowest BCUT2D eigenvalue weighted by Crippen LogP contribution is -2.29. The van der Waals surface area contributed by atoms with Crippen molar-refractivity contribution in [1.29, 1.82) is 0 Å². The molecule has 18 heavy (non-hydrogen) atoms. The third kappa shape index (κ3) is 3.68. The predicted molar refractivity (Wildman–Crippen MR) is 71.9 cm³/mol. The molecular formula is C13H21N3O2. The number of aromatic nitrogens is 2. The van der Waals surface area contributed by atoms with E-state index >= 15 is 0 Å². The third-order valence-corrected chi connectivity index (χ3v) is 2.80. The molecule has 0 N–H and O–H groups in total. The summed E-state index contributed by atoms with van der Waals surface area (Å²) in [4.78, 5) is 25.4. The molecule has 1 aromatic heterocycles. The van der Waals surface area contributed by atoms with E-state index < -0.39 is 0 Å². The summed E-state index contributed by atoms with van der Waals surface area (Å²) < 4.78 is 1.21. The fourth-order valence-electron chi connectivity index (χ4n) is 1.55. The molecule has 0 amide bonds. The quantitative estimate of drug-likeness (QED) is 0.765. The summed E-state index contributed by atoms with van der Waals surface area (Å²) in [5, 5.41) is 4.05. The fraction of sp³-hybridized carbons (Fsp3) is 0.615. The van der Waals surface area contributed by atoms with Crippen LogP contribution in [0, 0.1) is 5.92 Å². The van der Waals surface area contributed by atoms with E-state index in [2.05, 4.69) is 12.0 Å². The van der Waals surface area contributed by atoms with Crippen LogP contribution in [0.1, 0.15) is 27.2 Å². The molecule has 0 aliphatic heterocycles. The number of hydrogen-bond acceptors (Lipinski definition) is 4. The Kier molecular flexibility index (Phi) is 5.07. The van der Waals surface area contributed by atoms with Crippen molar-refractivity contribution in [3.05, 3.63) is 22.6 Å². The molecule has 1 aromatic rings. The van der Waals surface area contributed by atoms with Gasteiger partial charge in [0, 0.05) is 25.6 Å². The number of nitrogens with zero attached hydrogens (tertiary/aromatic N) is 3. The average Bonchev–Trinajstić information content (AvgIpc) is 2.31. The number of carbonyl (C=O) groups is 1. The summed E-state index contributed by atoms with van der Waals surface area (Å²) in [6, 6.07) is 1.52. The standard InChI is InChI=1S/C13H21N3O2/c1-5-6-15(4)11-7-13(18)16(14-8-11)9-12(17)10(2)3/h7-8,10H,5-6,9H2,1-4H3. The Labute approximate surface area is 107 Å². The lowest BCUT2D eigenvalue weighted by Gasteiger charge is -2.17. The molecule has 100 valence electrons. The molecule has 0 aromatic carbocycles. The van der Waals surface area contributed by atoms with E-state index in [-0.39, 0.29) is 23.8 Å². The van der Waals surface area contributed by atoms with Gasteiger partial charge in [-0.2, -0.15) is 5.10 Å². The number of rotatable bonds is 6. The first-order valence-corrected chi connectivity index (χ1v) is 6.26. The normalized spacial score (nSPS) is 10.7. The molecule has 0 saturated heterocycles. The molecule has 0 spiro atoms. The second-order valence-electron chi connectivity index (χ2n) is 4.75. The van der Waals surface area contributed by atoms with Crippen molar-refractivity contribution in [2.24, 2.45) is 5.92 Å². The van der Waals surface area contributed by atoms with Crippen molar-refractivity contribution >= 4 is 11.5 Å². The van der Waals surface area contributed by atoms with Gasteiger partial charge in [-0.3, -0.25) is 9.59 Å². The van der Waals surface area contributed by atoms with Crippen LogP contribution in [0.15, 0.2) is 17.1 Å². The molecule has 0 saturated carbocycles. The van der Waals surface area contributed by atoms with Crippen LogP contribution >= 0.6 is 0 Å². The highest BCUT2D eigenvalue weighted by atomic mass is 16.1. The van der Waals surface area contributed by atoms with Crippen molar-refractivity contribution < 1.29 is 4.79 Å². The maximum absolute atomic E-state index is 11.8. The molecule has 0 atom stereocenters. The largest absolute Gasteiger partial charge is 0.373 e. The third-order valence-electron chi connectivity index (χ3n) is 2.80. The molecule has 5 heteroatoms. The SMILES string of the molecule is CCCN(C)c1cnn(CC(=O)C(C)C)c(=O)c1. The summed E-state index contributed by atoms with van der Waals surface area (Å²) in [7, 11) is 1.92. The Hall–Kier alpha value is -1.65. The Morgan fingerprint density at radius 1 is 1.50 bits per heavy atom. The van der Waals surface area contributed by atoms with Crippen LogP contribution in [-0.4, -0.2) is 29.2 Å². The minimum Gasteiger partial charge on any atom is -0.373 e. The van der Waals surface area contributed by atoms with Gasteiger partial charge in [-0.1, -0.05) is 20.8 Å². The van der Waals surface area contributed by atoms with Crippen molar-refractivity contribution in [2.75, 3.05) is 18.5 Å². The summed E-state index contributed by atoms with van der Waals surface area (Å²) in [6.45, 7) is 6.63. The average molecular weight is 251 g/mol. The van der Waals surface area contributed by atoms with E-state index in [1.807, 2.05) is 25.8 Å². The zero-order valence-corrected chi connectivity index (χ0v) is 11.5.